The molecule has 0 aliphatic rings. The summed E-state index contributed by atoms with van der Waals surface area (Å²) in [7, 11) is 1.96. The summed E-state index contributed by atoms with van der Waals surface area (Å²) in [6.07, 6.45) is 0. The third kappa shape index (κ3) is 3.32. The molecule has 0 aliphatic heterocycles. The Balaban J connectivity index is 2.32. The van der Waals surface area contributed by atoms with Crippen LogP contribution in [0.25, 0.3) is 0 Å². The second-order valence-electron chi connectivity index (χ2n) is 4.52. The standard InChI is InChI=1S/C15H15BrClN3/c1-20(9-10-4-2-3-5-13(10)17)14-7-6-11(16)8-12(14)15(18)19/h2-8H,9H2,1H3,(H3,18,19). The Morgan fingerprint density at radius 2 is 2.00 bits per heavy atom. The fourth-order valence-electron chi connectivity index (χ4n) is 2.02. The van der Waals surface area contributed by atoms with Gasteiger partial charge in [0.15, 0.2) is 0 Å². The topological polar surface area (TPSA) is 53.1 Å². The third-order valence-electron chi connectivity index (χ3n) is 3.03. The molecular weight excluding hydrogens is 338 g/mol. The Morgan fingerprint density at radius 1 is 1.30 bits per heavy atom. The second-order valence-corrected chi connectivity index (χ2v) is 5.85. The SMILES string of the molecule is CN(Cc1ccccc1Cl)c1ccc(Br)cc1C(=N)N. The van der Waals surface area contributed by atoms with Gasteiger partial charge in [-0.25, -0.2) is 0 Å². The minimum atomic E-state index is 0.0484. The number of hydrogen-bond acceptors (Lipinski definition) is 2. The van der Waals surface area contributed by atoms with E-state index in [1.54, 1.807) is 0 Å². The van der Waals surface area contributed by atoms with Crippen LogP contribution in [0.15, 0.2) is 46.9 Å². The van der Waals surface area contributed by atoms with Crippen LogP contribution in [-0.2, 0) is 6.54 Å². The molecule has 2 rings (SSSR count). The van der Waals surface area contributed by atoms with Gasteiger partial charge in [-0.3, -0.25) is 5.41 Å². The van der Waals surface area contributed by atoms with E-state index in [0.717, 1.165) is 20.7 Å². The molecule has 104 valence electrons. The predicted molar refractivity (Wildman–Crippen MR) is 88.7 cm³/mol. The maximum absolute atomic E-state index is 7.69. The first-order valence-electron chi connectivity index (χ1n) is 6.07. The maximum Gasteiger partial charge on any atom is 0.124 e. The molecule has 2 aromatic rings. The lowest BCUT2D eigenvalue weighted by Gasteiger charge is -2.23. The summed E-state index contributed by atoms with van der Waals surface area (Å²) in [6.45, 7) is 0.654. The second kappa shape index (κ2) is 6.29. The first-order chi connectivity index (χ1) is 9.49. The van der Waals surface area contributed by atoms with E-state index in [1.165, 1.54) is 0 Å². The molecule has 0 saturated carbocycles. The number of rotatable bonds is 4. The highest BCUT2D eigenvalue weighted by molar-refractivity contribution is 9.10. The van der Waals surface area contributed by atoms with Gasteiger partial charge in [0.1, 0.15) is 5.84 Å². The van der Waals surface area contributed by atoms with Crippen molar-refractivity contribution in [3.8, 4) is 0 Å². The average Bonchev–Trinajstić information content (AvgIpc) is 2.41. The van der Waals surface area contributed by atoms with Crippen LogP contribution in [0.2, 0.25) is 5.02 Å². The van der Waals surface area contributed by atoms with E-state index in [-0.39, 0.29) is 5.84 Å². The molecule has 3 N–H and O–H groups in total. The smallest absolute Gasteiger partial charge is 0.124 e. The molecule has 5 heteroatoms. The summed E-state index contributed by atoms with van der Waals surface area (Å²) >= 11 is 9.58. The van der Waals surface area contributed by atoms with Crippen LogP contribution in [0.1, 0.15) is 11.1 Å². The van der Waals surface area contributed by atoms with E-state index >= 15 is 0 Å². The zero-order chi connectivity index (χ0) is 14.7. The zero-order valence-corrected chi connectivity index (χ0v) is 13.4. The van der Waals surface area contributed by atoms with Crippen LogP contribution in [0, 0.1) is 5.41 Å². The molecule has 0 atom stereocenters. The lowest BCUT2D eigenvalue weighted by Crippen LogP contribution is -2.22. The fourth-order valence-corrected chi connectivity index (χ4v) is 2.58. The van der Waals surface area contributed by atoms with Gasteiger partial charge >= 0.3 is 0 Å². The van der Waals surface area contributed by atoms with Gasteiger partial charge in [0.05, 0.1) is 0 Å². The van der Waals surface area contributed by atoms with Gasteiger partial charge in [0, 0.05) is 34.3 Å². The number of nitrogens with two attached hydrogens (primary N) is 1. The molecule has 0 saturated heterocycles. The van der Waals surface area contributed by atoms with E-state index < -0.39 is 0 Å². The summed E-state index contributed by atoms with van der Waals surface area (Å²) in [6, 6.07) is 13.5. The van der Waals surface area contributed by atoms with Gasteiger partial charge in [-0.1, -0.05) is 45.7 Å². The van der Waals surface area contributed by atoms with Gasteiger partial charge in [0.2, 0.25) is 0 Å². The monoisotopic (exact) mass is 351 g/mol. The molecular formula is C15H15BrClN3. The summed E-state index contributed by atoms with van der Waals surface area (Å²) in [5, 5.41) is 8.43. The van der Waals surface area contributed by atoms with E-state index in [1.807, 2.05) is 54.4 Å². The Kier molecular flexibility index (Phi) is 4.68. The van der Waals surface area contributed by atoms with Crippen molar-refractivity contribution in [1.82, 2.24) is 0 Å². The molecule has 0 heterocycles. The molecule has 0 aliphatic carbocycles. The van der Waals surface area contributed by atoms with Crippen molar-refractivity contribution >= 4 is 39.1 Å². The maximum atomic E-state index is 7.69. The molecule has 0 radical (unpaired) electrons. The summed E-state index contributed by atoms with van der Waals surface area (Å²) in [5.74, 6) is 0.0484. The third-order valence-corrected chi connectivity index (χ3v) is 3.89. The molecule has 0 amide bonds. The number of anilines is 1. The number of nitrogens with one attached hydrogen (secondary N) is 1. The van der Waals surface area contributed by atoms with Gasteiger partial charge in [-0.15, -0.1) is 0 Å². The first-order valence-corrected chi connectivity index (χ1v) is 7.24. The number of amidine groups is 1. The highest BCUT2D eigenvalue weighted by atomic mass is 79.9. The van der Waals surface area contributed by atoms with Crippen molar-refractivity contribution in [3.63, 3.8) is 0 Å². The molecule has 0 bridgehead atoms. The van der Waals surface area contributed by atoms with Crippen LogP contribution in [0.3, 0.4) is 0 Å². The molecule has 2 aromatic carbocycles. The quantitative estimate of drug-likeness (QED) is 0.645. The van der Waals surface area contributed by atoms with Crippen molar-refractivity contribution in [2.24, 2.45) is 5.73 Å². The van der Waals surface area contributed by atoms with E-state index in [4.69, 9.17) is 22.7 Å². The zero-order valence-electron chi connectivity index (χ0n) is 11.0. The lowest BCUT2D eigenvalue weighted by molar-refractivity contribution is 0.921. The van der Waals surface area contributed by atoms with Crippen LogP contribution >= 0.6 is 27.5 Å². The molecule has 20 heavy (non-hydrogen) atoms. The summed E-state index contributed by atoms with van der Waals surface area (Å²) in [5.41, 5.74) is 8.30. The Labute approximate surface area is 132 Å². The van der Waals surface area contributed by atoms with E-state index in [2.05, 4.69) is 15.9 Å². The minimum absolute atomic E-state index is 0.0484. The number of nitrogen functional groups attached to an aromatic ring is 1. The summed E-state index contributed by atoms with van der Waals surface area (Å²) < 4.78 is 0.901. The van der Waals surface area contributed by atoms with E-state index in [0.29, 0.717) is 12.1 Å². The fraction of sp³-hybridized carbons (Fsp3) is 0.133. The van der Waals surface area contributed by atoms with Gasteiger partial charge in [-0.05, 0) is 29.8 Å². The van der Waals surface area contributed by atoms with Gasteiger partial charge < -0.3 is 10.6 Å². The minimum Gasteiger partial charge on any atom is -0.384 e. The Hall–Kier alpha value is -1.52. The number of hydrogen-bond donors (Lipinski definition) is 2. The average molecular weight is 353 g/mol. The predicted octanol–water partition coefficient (Wildman–Crippen LogP) is 4.02. The number of halogens is 2. The van der Waals surface area contributed by atoms with Crippen molar-refractivity contribution in [3.05, 3.63) is 63.1 Å². The first kappa shape index (κ1) is 14.9. The van der Waals surface area contributed by atoms with Crippen molar-refractivity contribution in [2.45, 2.75) is 6.54 Å². The molecule has 0 fully saturated rings. The van der Waals surface area contributed by atoms with Crippen molar-refractivity contribution in [2.75, 3.05) is 11.9 Å². The highest BCUT2D eigenvalue weighted by Gasteiger charge is 2.12. The highest BCUT2D eigenvalue weighted by Crippen LogP contribution is 2.26. The van der Waals surface area contributed by atoms with Crippen LogP contribution < -0.4 is 10.6 Å². The summed E-state index contributed by atoms with van der Waals surface area (Å²) in [4.78, 5) is 2.03. The van der Waals surface area contributed by atoms with Crippen molar-refractivity contribution in [1.29, 1.82) is 5.41 Å². The number of nitrogens with zero attached hydrogens (tertiary/aromatic N) is 1. The van der Waals surface area contributed by atoms with Gasteiger partial charge in [0.25, 0.3) is 0 Å². The van der Waals surface area contributed by atoms with E-state index in [9.17, 15) is 0 Å². The normalized spacial score (nSPS) is 10.3. The van der Waals surface area contributed by atoms with Gasteiger partial charge in [-0.2, -0.15) is 0 Å². The molecule has 0 unspecified atom stereocenters. The number of benzene rings is 2. The van der Waals surface area contributed by atoms with Crippen LogP contribution in [-0.4, -0.2) is 12.9 Å². The molecule has 3 nitrogen and oxygen atoms in total. The van der Waals surface area contributed by atoms with Crippen LogP contribution in [0.4, 0.5) is 5.69 Å². The largest absolute Gasteiger partial charge is 0.384 e. The Morgan fingerprint density at radius 3 is 2.65 bits per heavy atom. The molecule has 0 aromatic heterocycles. The lowest BCUT2D eigenvalue weighted by atomic mass is 10.1. The van der Waals surface area contributed by atoms with Crippen LogP contribution in [0.5, 0.6) is 0 Å². The Bertz CT molecular complexity index is 643. The molecule has 0 spiro atoms. The van der Waals surface area contributed by atoms with Crippen molar-refractivity contribution < 1.29 is 0 Å².